The summed E-state index contributed by atoms with van der Waals surface area (Å²) >= 11 is 7.45. The third-order valence-electron chi connectivity index (χ3n) is 2.41. The molecule has 0 saturated heterocycles. The fourth-order valence-corrected chi connectivity index (χ4v) is 2.53. The van der Waals surface area contributed by atoms with Gasteiger partial charge in [0.15, 0.2) is 0 Å². The highest BCUT2D eigenvalue weighted by molar-refractivity contribution is 7.99. The van der Waals surface area contributed by atoms with Gasteiger partial charge in [-0.1, -0.05) is 23.7 Å². The van der Waals surface area contributed by atoms with Crippen LogP contribution in [-0.2, 0) is 15.3 Å². The van der Waals surface area contributed by atoms with Crippen molar-refractivity contribution in [1.82, 2.24) is 5.32 Å². The topological polar surface area (TPSA) is 58.6 Å². The first-order valence-corrected chi connectivity index (χ1v) is 8.03. The molecule has 0 fully saturated rings. The second-order valence-corrected chi connectivity index (χ2v) is 5.58. The third kappa shape index (κ3) is 8.43. The summed E-state index contributed by atoms with van der Waals surface area (Å²) in [5, 5.41) is 12.1. The van der Waals surface area contributed by atoms with Crippen molar-refractivity contribution in [3.05, 3.63) is 34.9 Å². The number of aliphatic hydroxyl groups excluding tert-OH is 1. The molecule has 0 spiro atoms. The van der Waals surface area contributed by atoms with Crippen molar-refractivity contribution in [2.75, 3.05) is 32.1 Å². The molecule has 0 atom stereocenters. The van der Waals surface area contributed by atoms with E-state index in [4.69, 9.17) is 21.4 Å². The maximum absolute atomic E-state index is 11.6. The minimum atomic E-state index is 0.0270. The van der Waals surface area contributed by atoms with Crippen LogP contribution in [0.3, 0.4) is 0 Å². The molecule has 0 aliphatic heterocycles. The molecule has 1 amide bonds. The maximum atomic E-state index is 11.6. The Kier molecular flexibility index (Phi) is 9.49. The van der Waals surface area contributed by atoms with Crippen LogP contribution in [0.15, 0.2) is 24.3 Å². The SMILES string of the molecule is O=C(CSCc1cccc(Cl)c1)NCCCOCCO. The van der Waals surface area contributed by atoms with Gasteiger partial charge in [0.2, 0.25) is 5.91 Å². The van der Waals surface area contributed by atoms with Crippen molar-refractivity contribution in [3.63, 3.8) is 0 Å². The number of carbonyl (C=O) groups is 1. The predicted molar refractivity (Wildman–Crippen MR) is 83.1 cm³/mol. The molecule has 1 rings (SSSR count). The molecule has 1 aromatic rings. The van der Waals surface area contributed by atoms with Gasteiger partial charge in [-0.25, -0.2) is 0 Å². The van der Waals surface area contributed by atoms with Crippen LogP contribution < -0.4 is 5.32 Å². The Labute approximate surface area is 128 Å². The number of hydrogen-bond donors (Lipinski definition) is 2. The number of halogens is 1. The summed E-state index contributed by atoms with van der Waals surface area (Å²) < 4.78 is 5.10. The van der Waals surface area contributed by atoms with E-state index in [9.17, 15) is 4.79 Å². The van der Waals surface area contributed by atoms with E-state index in [2.05, 4.69) is 5.32 Å². The molecular formula is C14H20ClNO3S. The summed E-state index contributed by atoms with van der Waals surface area (Å²) in [5.41, 5.74) is 1.12. The number of carbonyl (C=O) groups excluding carboxylic acids is 1. The van der Waals surface area contributed by atoms with Crippen molar-refractivity contribution in [2.45, 2.75) is 12.2 Å². The average molecular weight is 318 g/mol. The predicted octanol–water partition coefficient (Wildman–Crippen LogP) is 2.09. The van der Waals surface area contributed by atoms with Crippen LogP contribution in [0.1, 0.15) is 12.0 Å². The number of amides is 1. The Balaban J connectivity index is 2.03. The number of benzene rings is 1. The van der Waals surface area contributed by atoms with Gasteiger partial charge in [0.1, 0.15) is 0 Å². The van der Waals surface area contributed by atoms with Crippen LogP contribution in [0.2, 0.25) is 5.02 Å². The molecule has 0 aromatic heterocycles. The highest BCUT2D eigenvalue weighted by Gasteiger charge is 2.02. The van der Waals surface area contributed by atoms with Crippen molar-refractivity contribution in [2.24, 2.45) is 0 Å². The molecule has 0 heterocycles. The summed E-state index contributed by atoms with van der Waals surface area (Å²) in [6.07, 6.45) is 0.755. The monoisotopic (exact) mass is 317 g/mol. The van der Waals surface area contributed by atoms with Crippen molar-refractivity contribution < 1.29 is 14.6 Å². The average Bonchev–Trinajstić information content (AvgIpc) is 2.43. The number of aliphatic hydroxyl groups is 1. The minimum absolute atomic E-state index is 0.0270. The Morgan fingerprint density at radius 3 is 3.00 bits per heavy atom. The molecule has 2 N–H and O–H groups in total. The molecule has 0 bridgehead atoms. The van der Waals surface area contributed by atoms with E-state index in [1.165, 1.54) is 0 Å². The number of thioether (sulfide) groups is 1. The molecule has 112 valence electrons. The zero-order valence-electron chi connectivity index (χ0n) is 11.3. The molecule has 6 heteroatoms. The normalized spacial score (nSPS) is 10.5. The van der Waals surface area contributed by atoms with E-state index in [1.54, 1.807) is 11.8 Å². The highest BCUT2D eigenvalue weighted by Crippen LogP contribution is 2.16. The van der Waals surface area contributed by atoms with E-state index >= 15 is 0 Å². The summed E-state index contributed by atoms with van der Waals surface area (Å²) in [4.78, 5) is 11.6. The number of nitrogens with one attached hydrogen (secondary N) is 1. The van der Waals surface area contributed by atoms with Crippen molar-refractivity contribution >= 4 is 29.3 Å². The van der Waals surface area contributed by atoms with Gasteiger partial charge in [-0.2, -0.15) is 0 Å². The quantitative estimate of drug-likeness (QED) is 0.649. The van der Waals surface area contributed by atoms with Crippen LogP contribution in [0.25, 0.3) is 0 Å². The smallest absolute Gasteiger partial charge is 0.230 e. The molecule has 20 heavy (non-hydrogen) atoms. The molecule has 0 aliphatic carbocycles. The molecule has 4 nitrogen and oxygen atoms in total. The third-order valence-corrected chi connectivity index (χ3v) is 3.65. The molecular weight excluding hydrogens is 298 g/mol. The first-order valence-electron chi connectivity index (χ1n) is 6.50. The second kappa shape index (κ2) is 11.0. The van der Waals surface area contributed by atoms with Gasteiger partial charge in [0, 0.05) is 23.9 Å². The number of ether oxygens (including phenoxy) is 1. The van der Waals surface area contributed by atoms with Crippen LogP contribution in [0.5, 0.6) is 0 Å². The fourth-order valence-electron chi connectivity index (χ4n) is 1.51. The van der Waals surface area contributed by atoms with Crippen LogP contribution in [0, 0.1) is 0 Å². The standard InChI is InChI=1S/C14H20ClNO3S/c15-13-4-1-3-12(9-13)10-20-11-14(18)16-5-2-7-19-8-6-17/h1,3-4,9,17H,2,5-8,10-11H2,(H,16,18). The van der Waals surface area contributed by atoms with Gasteiger partial charge in [-0.05, 0) is 24.1 Å². The van der Waals surface area contributed by atoms with E-state index in [-0.39, 0.29) is 12.5 Å². The van der Waals surface area contributed by atoms with Gasteiger partial charge in [0.05, 0.1) is 19.0 Å². The van der Waals surface area contributed by atoms with Crippen LogP contribution in [-0.4, -0.2) is 43.1 Å². The summed E-state index contributed by atoms with van der Waals surface area (Å²) in [7, 11) is 0. The maximum Gasteiger partial charge on any atom is 0.230 e. The second-order valence-electron chi connectivity index (χ2n) is 4.16. The highest BCUT2D eigenvalue weighted by atomic mass is 35.5. The molecule has 0 aliphatic rings. The lowest BCUT2D eigenvalue weighted by molar-refractivity contribution is -0.118. The molecule has 0 saturated carbocycles. The lowest BCUT2D eigenvalue weighted by Crippen LogP contribution is -2.27. The van der Waals surface area contributed by atoms with Gasteiger partial charge in [-0.3, -0.25) is 4.79 Å². The van der Waals surface area contributed by atoms with Crippen LogP contribution >= 0.6 is 23.4 Å². The molecule has 1 aromatic carbocycles. The molecule has 0 unspecified atom stereocenters. The Hall–Kier alpha value is -0.750. The largest absolute Gasteiger partial charge is 0.394 e. The fraction of sp³-hybridized carbons (Fsp3) is 0.500. The van der Waals surface area contributed by atoms with E-state index < -0.39 is 0 Å². The van der Waals surface area contributed by atoms with Gasteiger partial charge in [-0.15, -0.1) is 11.8 Å². The van der Waals surface area contributed by atoms with Gasteiger partial charge in [0.25, 0.3) is 0 Å². The van der Waals surface area contributed by atoms with E-state index in [0.29, 0.717) is 25.5 Å². The van der Waals surface area contributed by atoms with E-state index in [1.807, 2.05) is 24.3 Å². The Morgan fingerprint density at radius 1 is 1.40 bits per heavy atom. The number of rotatable bonds is 10. The summed E-state index contributed by atoms with van der Waals surface area (Å²) in [6.45, 7) is 1.54. The number of hydrogen-bond acceptors (Lipinski definition) is 4. The first-order chi connectivity index (χ1) is 9.72. The van der Waals surface area contributed by atoms with Crippen molar-refractivity contribution in [1.29, 1.82) is 0 Å². The lowest BCUT2D eigenvalue weighted by atomic mass is 10.2. The van der Waals surface area contributed by atoms with Crippen molar-refractivity contribution in [3.8, 4) is 0 Å². The first kappa shape index (κ1) is 17.3. The Morgan fingerprint density at radius 2 is 2.25 bits per heavy atom. The lowest BCUT2D eigenvalue weighted by Gasteiger charge is -2.06. The zero-order chi connectivity index (χ0) is 14.6. The Bertz CT molecular complexity index is 404. The summed E-state index contributed by atoms with van der Waals surface area (Å²) in [6, 6.07) is 7.65. The van der Waals surface area contributed by atoms with Gasteiger partial charge >= 0.3 is 0 Å². The van der Waals surface area contributed by atoms with Crippen LogP contribution in [0.4, 0.5) is 0 Å². The zero-order valence-corrected chi connectivity index (χ0v) is 12.9. The minimum Gasteiger partial charge on any atom is -0.394 e. The molecule has 0 radical (unpaired) electrons. The van der Waals surface area contributed by atoms with E-state index in [0.717, 1.165) is 22.8 Å². The van der Waals surface area contributed by atoms with Gasteiger partial charge < -0.3 is 15.2 Å². The summed E-state index contributed by atoms with van der Waals surface area (Å²) in [5.74, 6) is 1.23.